The lowest BCUT2D eigenvalue weighted by Gasteiger charge is -2.43. The highest BCUT2D eigenvalue weighted by atomic mass is 32.3. The van der Waals surface area contributed by atoms with Crippen LogP contribution in [0.1, 0.15) is 0 Å². The van der Waals surface area contributed by atoms with E-state index in [0.717, 1.165) is 52.5 Å². The van der Waals surface area contributed by atoms with E-state index in [4.69, 9.17) is 78.5 Å². The molecule has 10 aromatic carbocycles. The van der Waals surface area contributed by atoms with Crippen LogP contribution in [0.4, 0.5) is 0 Å². The van der Waals surface area contributed by atoms with Crippen LogP contribution in [0.5, 0.6) is 0 Å². The van der Waals surface area contributed by atoms with Crippen LogP contribution in [0.15, 0.2) is 208 Å². The fourth-order valence-corrected chi connectivity index (χ4v) is 15.7. The fraction of sp³-hybridized carbons (Fsp3) is 0. The molecule has 12 aromatic rings. The monoisotopic (exact) mass is 939 g/mol. The molecule has 1 nitrogen and oxygen atoms in total. The van der Waals surface area contributed by atoms with Gasteiger partial charge in [0, 0.05) is 61.7 Å². The standard InChI is InChI=1S/C60H31B10NS2/c61-50-48(51(62)55(66)58(69)54(50)65)42-30-37(73(34-14-4-1-5-15-34,35-16-6-2-7-17-35)36-18-8-3-9-19-36)31-43(49-52(63)56(67)59(70)57(68)53(49)64)60(42)71-44-22-12-10-20-38(44)40-28-32(24-26-45(40)71)33-25-27-47-41(29-33)39-21-11-13-23-46(39)72-47/h1-31H. The Labute approximate surface area is 444 Å². The number of hydrogen-bond donors (Lipinski definition) is 0. The average Bonchev–Trinajstić information content (AvgIpc) is 3.97. The van der Waals surface area contributed by atoms with Crippen molar-refractivity contribution in [2.45, 2.75) is 19.6 Å². The zero-order valence-corrected chi connectivity index (χ0v) is 41.1. The first kappa shape index (κ1) is 47.2. The maximum absolute atomic E-state index is 7.24. The molecule has 20 radical (unpaired) electrons. The molecule has 0 unspecified atom stereocenters. The second-order valence-corrected chi connectivity index (χ2v) is 22.4. The SMILES string of the molecule is [B]c1c([B])c([B])c(-c2cc(S(c3ccccc3)(c3ccccc3)c3ccccc3)cc(-c3c([B])c([B])c([B])c([B])c3[B])c2-n2c3ccccc3c3cc(-c4ccc5sc6ccccc6c5c4)ccc32)c([B])c1[B]. The van der Waals surface area contributed by atoms with E-state index in [1.807, 2.05) is 30.3 Å². The van der Waals surface area contributed by atoms with Gasteiger partial charge in [-0.25, -0.2) is 0 Å². The third-order valence-corrected chi connectivity index (χ3v) is 19.3. The molecule has 0 fully saturated rings. The predicted octanol–water partition coefficient (Wildman–Crippen LogP) is 5.43. The molecule has 0 saturated heterocycles. The van der Waals surface area contributed by atoms with Gasteiger partial charge in [-0.1, -0.05) is 125 Å². The Morgan fingerprint density at radius 1 is 0.301 bits per heavy atom. The highest BCUT2D eigenvalue weighted by Gasteiger charge is 2.36. The van der Waals surface area contributed by atoms with Crippen LogP contribution in [0.3, 0.4) is 0 Å². The molecule has 318 valence electrons. The normalized spacial score (nSPS) is 12.1. The summed E-state index contributed by atoms with van der Waals surface area (Å²) >= 11 is 1.79. The molecule has 0 spiro atoms. The van der Waals surface area contributed by atoms with Gasteiger partial charge >= 0.3 is 0 Å². The lowest BCUT2D eigenvalue weighted by Crippen LogP contribution is -2.55. The second kappa shape index (κ2) is 18.3. The molecule has 0 saturated carbocycles. The van der Waals surface area contributed by atoms with Crippen molar-refractivity contribution in [2.24, 2.45) is 0 Å². The van der Waals surface area contributed by atoms with E-state index in [9.17, 15) is 0 Å². The molecule has 0 amide bonds. The van der Waals surface area contributed by atoms with Crippen molar-refractivity contribution in [3.8, 4) is 39.1 Å². The molecule has 0 N–H and O–H groups in total. The number of nitrogens with zero attached hydrogens (tertiary/aromatic N) is 1. The Balaban J connectivity index is 1.29. The lowest BCUT2D eigenvalue weighted by atomic mass is 9.58. The lowest BCUT2D eigenvalue weighted by molar-refractivity contribution is 1.17. The molecule has 0 aliphatic heterocycles. The number of aromatic nitrogens is 1. The van der Waals surface area contributed by atoms with Crippen LogP contribution < -0.4 is 54.6 Å². The summed E-state index contributed by atoms with van der Waals surface area (Å²) in [6.07, 6.45) is 0. The predicted molar refractivity (Wildman–Crippen MR) is 324 cm³/mol. The maximum Gasteiger partial charge on any atom is 0.113 e. The highest BCUT2D eigenvalue weighted by Crippen LogP contribution is 2.74. The van der Waals surface area contributed by atoms with Crippen molar-refractivity contribution in [1.82, 2.24) is 4.57 Å². The number of benzene rings is 10. The molecule has 2 aromatic heterocycles. The van der Waals surface area contributed by atoms with E-state index < -0.39 is 10.0 Å². The highest BCUT2D eigenvalue weighted by molar-refractivity contribution is 8.34. The minimum absolute atomic E-state index is 0.0834. The molecule has 73 heavy (non-hydrogen) atoms. The first-order valence-electron chi connectivity index (χ1n) is 23.5. The van der Waals surface area contributed by atoms with Crippen LogP contribution in [0.2, 0.25) is 0 Å². The van der Waals surface area contributed by atoms with Gasteiger partial charge in [-0.3, -0.25) is 0 Å². The van der Waals surface area contributed by atoms with Crippen molar-refractivity contribution < 1.29 is 0 Å². The molecule has 0 atom stereocenters. The molecule has 0 aliphatic rings. The van der Waals surface area contributed by atoms with E-state index >= 15 is 0 Å². The molecule has 12 rings (SSSR count). The number of thiophene rings is 1. The smallest absolute Gasteiger partial charge is 0.113 e. The van der Waals surface area contributed by atoms with E-state index in [-0.39, 0.29) is 54.6 Å². The van der Waals surface area contributed by atoms with Gasteiger partial charge in [0.1, 0.15) is 78.5 Å². The molecule has 0 aliphatic carbocycles. The summed E-state index contributed by atoms with van der Waals surface area (Å²) < 4.78 is 4.68. The zero-order chi connectivity index (χ0) is 50.4. The minimum Gasteiger partial charge on any atom is -0.308 e. The van der Waals surface area contributed by atoms with Gasteiger partial charge in [-0.2, -0.15) is 0 Å². The van der Waals surface area contributed by atoms with Crippen molar-refractivity contribution in [2.75, 3.05) is 0 Å². The number of rotatable bonds is 8. The fourth-order valence-electron chi connectivity index (χ4n) is 10.7. The molecule has 0 bridgehead atoms. The summed E-state index contributed by atoms with van der Waals surface area (Å²) in [5.74, 6) is 0. The summed E-state index contributed by atoms with van der Waals surface area (Å²) in [4.78, 5) is 4.00. The van der Waals surface area contributed by atoms with Gasteiger partial charge < -0.3 is 4.57 Å². The third kappa shape index (κ3) is 7.28. The Hall–Kier alpha value is -6.78. The molecular weight excluding hydrogens is 907 g/mol. The molecule has 2 heterocycles. The average molecular weight is 938 g/mol. The van der Waals surface area contributed by atoms with Crippen LogP contribution >= 0.6 is 21.4 Å². The van der Waals surface area contributed by atoms with E-state index in [2.05, 4.69) is 162 Å². The summed E-state index contributed by atoms with van der Waals surface area (Å²) in [5, 5.41) is 4.41. The Kier molecular flexibility index (Phi) is 11.8. The van der Waals surface area contributed by atoms with E-state index in [1.165, 1.54) is 20.2 Å². The van der Waals surface area contributed by atoms with E-state index in [1.54, 1.807) is 11.3 Å². The maximum atomic E-state index is 7.24. The summed E-state index contributed by atoms with van der Waals surface area (Å²) in [7, 11) is 67.1. The summed E-state index contributed by atoms with van der Waals surface area (Å²) in [6.45, 7) is 0. The van der Waals surface area contributed by atoms with Crippen molar-refractivity contribution in [1.29, 1.82) is 0 Å². The second-order valence-electron chi connectivity index (χ2n) is 18.2. The Morgan fingerprint density at radius 3 is 1.19 bits per heavy atom. The van der Waals surface area contributed by atoms with Gasteiger partial charge in [0.25, 0.3) is 0 Å². The number of fused-ring (bicyclic) bond motifs is 6. The summed E-state index contributed by atoms with van der Waals surface area (Å²) in [6, 6.07) is 65.7. The zero-order valence-electron chi connectivity index (χ0n) is 39.4. The molecular formula is C60H31B10NS2. The Bertz CT molecular complexity index is 3970. The van der Waals surface area contributed by atoms with Gasteiger partial charge in [0.2, 0.25) is 0 Å². The van der Waals surface area contributed by atoms with Gasteiger partial charge in [0.15, 0.2) is 0 Å². The van der Waals surface area contributed by atoms with Crippen LogP contribution in [0.25, 0.3) is 81.0 Å². The van der Waals surface area contributed by atoms with Gasteiger partial charge in [-0.05, 0) is 107 Å². The molecule has 13 heteroatoms. The van der Waals surface area contributed by atoms with Crippen molar-refractivity contribution in [3.05, 3.63) is 188 Å². The van der Waals surface area contributed by atoms with Crippen molar-refractivity contribution >= 4 is 196 Å². The number of para-hydroxylation sites is 1. The third-order valence-electron chi connectivity index (χ3n) is 14.3. The van der Waals surface area contributed by atoms with Gasteiger partial charge in [-0.15, -0.1) is 54.1 Å². The minimum atomic E-state index is -2.46. The van der Waals surface area contributed by atoms with E-state index in [0.29, 0.717) is 27.9 Å². The van der Waals surface area contributed by atoms with Crippen LogP contribution in [0, 0.1) is 0 Å². The van der Waals surface area contributed by atoms with Crippen molar-refractivity contribution in [3.63, 3.8) is 0 Å². The van der Waals surface area contributed by atoms with Crippen LogP contribution in [-0.2, 0) is 0 Å². The van der Waals surface area contributed by atoms with Gasteiger partial charge in [0.05, 0.1) is 16.7 Å². The first-order chi connectivity index (χ1) is 35.4. The first-order valence-corrected chi connectivity index (χ1v) is 26.0. The quantitative estimate of drug-likeness (QED) is 0.180. The topological polar surface area (TPSA) is 4.93 Å². The largest absolute Gasteiger partial charge is 0.308 e. The van der Waals surface area contributed by atoms with Crippen LogP contribution in [-0.4, -0.2) is 83.0 Å². The Morgan fingerprint density at radius 2 is 0.685 bits per heavy atom. The summed E-state index contributed by atoms with van der Waals surface area (Å²) in [5.41, 5.74) is 7.43. The number of hydrogen-bond acceptors (Lipinski definition) is 1.